The summed E-state index contributed by atoms with van der Waals surface area (Å²) in [4.78, 5) is 41.7. The molecule has 0 saturated heterocycles. The molecule has 2 heterocycles. The van der Waals surface area contributed by atoms with Crippen LogP contribution in [0.15, 0.2) is 96.0 Å². The van der Waals surface area contributed by atoms with E-state index in [0.29, 0.717) is 11.1 Å². The average molecular weight is 674 g/mol. The Labute approximate surface area is 265 Å². The third-order valence-electron chi connectivity index (χ3n) is 4.70. The van der Waals surface area contributed by atoms with E-state index < -0.39 is 23.0 Å². The van der Waals surface area contributed by atoms with Crippen molar-refractivity contribution in [3.63, 3.8) is 0 Å². The summed E-state index contributed by atoms with van der Waals surface area (Å²) >= 11 is 0. The number of carboxylic acid groups (broad SMARTS) is 2. The van der Waals surface area contributed by atoms with E-state index in [-0.39, 0.29) is 45.6 Å². The van der Waals surface area contributed by atoms with Gasteiger partial charge in [-0.15, -0.1) is 11.5 Å². The fourth-order valence-corrected chi connectivity index (χ4v) is 2.17. The van der Waals surface area contributed by atoms with Gasteiger partial charge in [0.05, 0.1) is 35.7 Å². The minimum atomic E-state index is -1.32. The van der Waals surface area contributed by atoms with Crippen LogP contribution in [0.4, 0.5) is 0 Å². The molecule has 2 radical (unpaired) electrons. The molecule has 2 aromatic carbocycles. The Bertz CT molecular complexity index is 1210. The van der Waals surface area contributed by atoms with Crippen molar-refractivity contribution < 1.29 is 64.2 Å². The molecule has 0 unspecified atom stereocenters. The smallest absolute Gasteiger partial charge is 0.872 e. The first-order chi connectivity index (χ1) is 18.9. The molecule has 12 nitrogen and oxygen atoms in total. The number of nitrogens with one attached hydrogen (secondary N) is 2. The second-order valence-electron chi connectivity index (χ2n) is 8.81. The third-order valence-corrected chi connectivity index (χ3v) is 4.70. The molecule has 0 aliphatic carbocycles. The SMILES string of the molecule is CC(C)(N=Cc1ccccc1[O-])C(=O)[O-].CC(C)(N=Cc1ccccc1[O-])C(=O)[O-].[Cu+2].[Cu+2].c1c[nH]cn1.c1c[nH]cn1. The molecule has 0 aliphatic rings. The first-order valence-corrected chi connectivity index (χ1v) is 11.8. The standard InChI is InChI=1S/2C11H13NO3.2C3H4N2.2Cu/c2*1-11(2,10(14)15)12-7-8-5-3-4-6-9(8)13;2*1-2-5-3-4-1;;/h2*3-7,13H,1-2H3,(H,14,15);2*1-3H,(H,4,5);;/q;;;;2*+2/p-4. The Kier molecular flexibility index (Phi) is 19.6. The van der Waals surface area contributed by atoms with Crippen LogP contribution in [-0.2, 0) is 43.7 Å². The van der Waals surface area contributed by atoms with Crippen LogP contribution in [0.1, 0.15) is 38.8 Å². The number of carboxylic acids is 2. The van der Waals surface area contributed by atoms with Crippen LogP contribution in [0.2, 0.25) is 0 Å². The van der Waals surface area contributed by atoms with Gasteiger partial charge in [0.15, 0.2) is 0 Å². The summed E-state index contributed by atoms with van der Waals surface area (Å²) in [5.41, 5.74) is -1.90. The number of aromatic nitrogens is 4. The monoisotopic (exact) mass is 672 g/mol. The number of carbonyl (C=O) groups excluding carboxylic acids is 2. The van der Waals surface area contributed by atoms with Crippen molar-refractivity contribution in [2.24, 2.45) is 9.98 Å². The van der Waals surface area contributed by atoms with Crippen LogP contribution in [0.5, 0.6) is 11.5 Å². The fourth-order valence-electron chi connectivity index (χ4n) is 2.17. The molecule has 0 fully saturated rings. The van der Waals surface area contributed by atoms with E-state index in [4.69, 9.17) is 0 Å². The predicted molar refractivity (Wildman–Crippen MR) is 142 cm³/mol. The summed E-state index contributed by atoms with van der Waals surface area (Å²) in [7, 11) is 0. The Hall–Kier alpha value is -4.22. The summed E-state index contributed by atoms with van der Waals surface area (Å²) < 4.78 is 0. The fraction of sp³-hybridized carbons (Fsp3) is 0.214. The summed E-state index contributed by atoms with van der Waals surface area (Å²) in [5.74, 6) is -2.92. The molecule has 2 aromatic heterocycles. The maximum Gasteiger partial charge on any atom is 2.00 e. The normalized spacial score (nSPS) is 10.4. The number of nitrogens with zero attached hydrogens (tertiary/aromatic N) is 4. The average Bonchev–Trinajstić information content (AvgIpc) is 3.68. The molecule has 230 valence electrons. The second-order valence-corrected chi connectivity index (χ2v) is 8.81. The topological polar surface area (TPSA) is 208 Å². The maximum absolute atomic E-state index is 11.3. The van der Waals surface area contributed by atoms with Crippen molar-refractivity contribution in [2.45, 2.75) is 38.8 Å². The van der Waals surface area contributed by atoms with Crippen LogP contribution in [0, 0.1) is 0 Å². The molecule has 0 atom stereocenters. The molecule has 4 rings (SSSR count). The number of imidazole rings is 2. The zero-order valence-electron chi connectivity index (χ0n) is 23.1. The number of H-pyrrole nitrogens is 2. The summed E-state index contributed by atoms with van der Waals surface area (Å²) in [6.07, 6.45) is 12.7. The van der Waals surface area contributed by atoms with Gasteiger partial charge in [-0.3, -0.25) is 9.98 Å². The largest absolute Gasteiger partial charge is 2.00 e. The molecule has 0 amide bonds. The first-order valence-electron chi connectivity index (χ1n) is 11.8. The number of para-hydroxylation sites is 2. The van der Waals surface area contributed by atoms with Crippen molar-refractivity contribution in [3.05, 3.63) is 97.1 Å². The molecule has 0 bridgehead atoms. The van der Waals surface area contributed by atoms with E-state index in [9.17, 15) is 30.0 Å². The van der Waals surface area contributed by atoms with Crippen molar-refractivity contribution in [3.8, 4) is 11.5 Å². The summed E-state index contributed by atoms with van der Waals surface area (Å²) in [6, 6.07) is 12.6. The number of rotatable bonds is 6. The van der Waals surface area contributed by atoms with E-state index in [1.165, 1.54) is 52.3 Å². The third kappa shape index (κ3) is 16.1. The Morgan fingerprint density at radius 3 is 1.24 bits per heavy atom. The van der Waals surface area contributed by atoms with Crippen LogP contribution in [0.25, 0.3) is 0 Å². The number of hydrogen-bond acceptors (Lipinski definition) is 10. The Morgan fingerprint density at radius 1 is 0.690 bits per heavy atom. The number of carbonyl (C=O) groups is 2. The van der Waals surface area contributed by atoms with Gasteiger partial charge >= 0.3 is 34.1 Å². The van der Waals surface area contributed by atoms with Crippen molar-refractivity contribution in [2.75, 3.05) is 0 Å². The van der Waals surface area contributed by atoms with Gasteiger partial charge in [0.2, 0.25) is 0 Å². The zero-order chi connectivity index (χ0) is 30.0. The summed E-state index contributed by atoms with van der Waals surface area (Å²) in [5, 5.41) is 43.8. The van der Waals surface area contributed by atoms with Gasteiger partial charge in [-0.2, -0.15) is 0 Å². The number of benzene rings is 2. The minimum Gasteiger partial charge on any atom is -0.872 e. The summed E-state index contributed by atoms with van der Waals surface area (Å²) in [6.45, 7) is 5.64. The quantitative estimate of drug-likeness (QED) is 0.213. The molecule has 2 N–H and O–H groups in total. The molecular formula is C28H30Cu2N6O6. The molecule has 0 aliphatic heterocycles. The van der Waals surface area contributed by atoms with E-state index in [1.54, 1.807) is 73.8 Å². The number of aromatic amines is 2. The van der Waals surface area contributed by atoms with Crippen LogP contribution >= 0.6 is 0 Å². The van der Waals surface area contributed by atoms with Gasteiger partial charge in [0, 0.05) is 37.2 Å². The second kappa shape index (κ2) is 20.6. The predicted octanol–water partition coefficient (Wildman–Crippen LogP) is 0.230. The first kappa shape index (κ1) is 39.9. The van der Waals surface area contributed by atoms with E-state index in [0.717, 1.165) is 0 Å². The zero-order valence-corrected chi connectivity index (χ0v) is 25.0. The molecule has 0 saturated carbocycles. The molecular weight excluding hydrogens is 643 g/mol. The van der Waals surface area contributed by atoms with E-state index in [1.807, 2.05) is 0 Å². The van der Waals surface area contributed by atoms with Crippen LogP contribution < -0.4 is 20.4 Å². The molecule has 4 aromatic rings. The van der Waals surface area contributed by atoms with Crippen LogP contribution in [0.3, 0.4) is 0 Å². The van der Waals surface area contributed by atoms with Gasteiger partial charge in [-0.25, -0.2) is 9.97 Å². The van der Waals surface area contributed by atoms with E-state index >= 15 is 0 Å². The number of hydrogen-bond donors (Lipinski definition) is 2. The van der Waals surface area contributed by atoms with Gasteiger partial charge in [0.25, 0.3) is 0 Å². The number of aliphatic imine (C=N–C) groups is 2. The molecule has 14 heteroatoms. The van der Waals surface area contributed by atoms with E-state index in [2.05, 4.69) is 29.9 Å². The Morgan fingerprint density at radius 2 is 1.02 bits per heavy atom. The minimum absolute atomic E-state index is 0. The Balaban J connectivity index is 0. The van der Waals surface area contributed by atoms with Crippen molar-refractivity contribution in [1.29, 1.82) is 0 Å². The maximum atomic E-state index is 11.3. The van der Waals surface area contributed by atoms with Crippen LogP contribution in [-0.4, -0.2) is 55.4 Å². The van der Waals surface area contributed by atoms with Gasteiger partial charge < -0.3 is 40.0 Å². The van der Waals surface area contributed by atoms with Crippen molar-refractivity contribution in [1.82, 2.24) is 19.9 Å². The molecule has 0 spiro atoms. The van der Waals surface area contributed by atoms with Gasteiger partial charge in [-0.05, 0) is 38.8 Å². The van der Waals surface area contributed by atoms with Crippen molar-refractivity contribution >= 4 is 24.4 Å². The number of aliphatic carboxylic acids is 2. The van der Waals surface area contributed by atoms with Gasteiger partial charge in [-0.1, -0.05) is 48.5 Å². The molecule has 42 heavy (non-hydrogen) atoms. The van der Waals surface area contributed by atoms with Gasteiger partial charge in [0.1, 0.15) is 0 Å².